The number of rotatable bonds is 3. The number of nitrogens with one attached hydrogen (secondary N) is 1. The predicted octanol–water partition coefficient (Wildman–Crippen LogP) is 2.68. The molecule has 4 rings (SSSR count). The number of likely N-dealkylation sites (N-methyl/N-ethyl adjacent to an activating group) is 1. The van der Waals surface area contributed by atoms with Gasteiger partial charge in [-0.05, 0) is 69.1 Å². The Kier molecular flexibility index (Phi) is 4.89. The number of benzene rings is 2. The molecule has 1 heterocycles. The first kappa shape index (κ1) is 19.0. The Bertz CT molecular complexity index is 856. The highest BCUT2D eigenvalue weighted by molar-refractivity contribution is 5.94. The minimum Gasteiger partial charge on any atom is -0.508 e. The molecule has 2 aromatic carbocycles. The van der Waals surface area contributed by atoms with E-state index in [-0.39, 0.29) is 17.7 Å². The van der Waals surface area contributed by atoms with Crippen LogP contribution in [0.4, 0.5) is 0 Å². The average Bonchev–Trinajstić information content (AvgIpc) is 2.69. The highest BCUT2D eigenvalue weighted by Crippen LogP contribution is 2.51. The molecule has 5 nitrogen and oxygen atoms in total. The van der Waals surface area contributed by atoms with Crippen molar-refractivity contribution in [2.75, 3.05) is 20.1 Å². The lowest BCUT2D eigenvalue weighted by atomic mass is 9.55. The van der Waals surface area contributed by atoms with E-state index in [1.54, 1.807) is 12.1 Å². The van der Waals surface area contributed by atoms with Crippen LogP contribution in [0, 0.1) is 0 Å². The standard InChI is InChI=1S/C23H28N2O3/c1-25-13-12-22(18-8-5-9-20(26)14-18)15-19(10-11-23(22,28)16-25)24-21(27)17-6-3-2-4-7-17/h2-9,14,19,26,28H,10-13,15-16H2,1H3,(H,24,27). The molecule has 2 aliphatic rings. The zero-order chi connectivity index (χ0) is 19.8. The van der Waals surface area contributed by atoms with Gasteiger partial charge in [0, 0.05) is 23.6 Å². The van der Waals surface area contributed by atoms with Gasteiger partial charge in [-0.25, -0.2) is 0 Å². The van der Waals surface area contributed by atoms with Gasteiger partial charge in [-0.15, -0.1) is 0 Å². The molecule has 2 aromatic rings. The van der Waals surface area contributed by atoms with Gasteiger partial charge in [-0.1, -0.05) is 30.3 Å². The number of likely N-dealkylation sites (tertiary alicyclic amines) is 1. The molecule has 1 aliphatic heterocycles. The van der Waals surface area contributed by atoms with Crippen molar-refractivity contribution in [2.45, 2.75) is 42.7 Å². The van der Waals surface area contributed by atoms with E-state index in [1.165, 1.54) is 0 Å². The van der Waals surface area contributed by atoms with E-state index in [9.17, 15) is 15.0 Å². The molecular weight excluding hydrogens is 352 g/mol. The Morgan fingerprint density at radius 2 is 1.93 bits per heavy atom. The summed E-state index contributed by atoms with van der Waals surface area (Å²) in [5.41, 5.74) is 0.257. The molecule has 0 bridgehead atoms. The minimum absolute atomic E-state index is 0.0151. The minimum atomic E-state index is -0.873. The molecule has 1 saturated carbocycles. The van der Waals surface area contributed by atoms with Crippen LogP contribution in [0.3, 0.4) is 0 Å². The van der Waals surface area contributed by atoms with Crippen molar-refractivity contribution in [3.05, 3.63) is 65.7 Å². The third-order valence-electron chi connectivity index (χ3n) is 6.61. The van der Waals surface area contributed by atoms with Crippen molar-refractivity contribution in [3.8, 4) is 5.75 Å². The molecule has 0 radical (unpaired) electrons. The second kappa shape index (κ2) is 7.22. The van der Waals surface area contributed by atoms with E-state index in [1.807, 2.05) is 49.5 Å². The average molecular weight is 380 g/mol. The van der Waals surface area contributed by atoms with Crippen LogP contribution in [0.5, 0.6) is 5.75 Å². The van der Waals surface area contributed by atoms with E-state index >= 15 is 0 Å². The Morgan fingerprint density at radius 1 is 1.14 bits per heavy atom. The van der Waals surface area contributed by atoms with Crippen LogP contribution in [-0.4, -0.2) is 52.8 Å². The summed E-state index contributed by atoms with van der Waals surface area (Å²) in [6.07, 6.45) is 2.82. The zero-order valence-corrected chi connectivity index (χ0v) is 16.3. The van der Waals surface area contributed by atoms with Crippen molar-refractivity contribution in [1.29, 1.82) is 0 Å². The first-order chi connectivity index (χ1) is 13.4. The fourth-order valence-corrected chi connectivity index (χ4v) is 5.15. The molecule has 148 valence electrons. The van der Waals surface area contributed by atoms with Crippen molar-refractivity contribution in [2.24, 2.45) is 0 Å². The highest BCUT2D eigenvalue weighted by atomic mass is 16.3. The number of carbonyl (C=O) groups is 1. The predicted molar refractivity (Wildman–Crippen MR) is 108 cm³/mol. The van der Waals surface area contributed by atoms with Gasteiger partial charge < -0.3 is 20.4 Å². The molecule has 3 N–H and O–H groups in total. The van der Waals surface area contributed by atoms with Gasteiger partial charge in [-0.3, -0.25) is 4.79 Å². The largest absolute Gasteiger partial charge is 0.508 e. The topological polar surface area (TPSA) is 72.8 Å². The van der Waals surface area contributed by atoms with Gasteiger partial charge in [0.1, 0.15) is 5.75 Å². The Labute approximate surface area is 166 Å². The van der Waals surface area contributed by atoms with Crippen LogP contribution >= 0.6 is 0 Å². The second-order valence-corrected chi connectivity index (χ2v) is 8.43. The van der Waals surface area contributed by atoms with E-state index in [2.05, 4.69) is 10.2 Å². The second-order valence-electron chi connectivity index (χ2n) is 8.43. The molecule has 5 heteroatoms. The third-order valence-corrected chi connectivity index (χ3v) is 6.61. The summed E-state index contributed by atoms with van der Waals surface area (Å²) in [7, 11) is 2.04. The SMILES string of the molecule is CN1CCC2(c3cccc(O)c3)CC(NC(=O)c3ccccc3)CCC2(O)C1. The number of hydrogen-bond acceptors (Lipinski definition) is 4. The summed E-state index contributed by atoms with van der Waals surface area (Å²) in [5.74, 6) is 0.138. The number of carbonyl (C=O) groups excluding carboxylic acids is 1. The summed E-state index contributed by atoms with van der Waals surface area (Å²) < 4.78 is 0. The molecule has 1 aliphatic carbocycles. The number of hydrogen-bond donors (Lipinski definition) is 3. The van der Waals surface area contributed by atoms with Crippen LogP contribution in [0.25, 0.3) is 0 Å². The summed E-state index contributed by atoms with van der Waals surface area (Å²) >= 11 is 0. The van der Waals surface area contributed by atoms with Gasteiger partial charge in [0.2, 0.25) is 0 Å². The summed E-state index contributed by atoms with van der Waals surface area (Å²) in [4.78, 5) is 14.8. The first-order valence-electron chi connectivity index (χ1n) is 9.98. The van der Waals surface area contributed by atoms with Crippen molar-refractivity contribution in [3.63, 3.8) is 0 Å². The van der Waals surface area contributed by atoms with Crippen LogP contribution in [0.1, 0.15) is 41.6 Å². The number of aromatic hydroxyl groups is 1. The smallest absolute Gasteiger partial charge is 0.251 e. The van der Waals surface area contributed by atoms with Crippen molar-refractivity contribution in [1.82, 2.24) is 10.2 Å². The lowest BCUT2D eigenvalue weighted by Gasteiger charge is -2.57. The van der Waals surface area contributed by atoms with E-state index < -0.39 is 11.0 Å². The summed E-state index contributed by atoms with van der Waals surface area (Å²) in [5, 5.41) is 24.9. The summed E-state index contributed by atoms with van der Waals surface area (Å²) in [6, 6.07) is 16.5. The normalized spacial score (nSPS) is 30.4. The molecule has 3 unspecified atom stereocenters. The fourth-order valence-electron chi connectivity index (χ4n) is 5.15. The number of phenolic OH excluding ortho intramolecular Hbond substituents is 1. The van der Waals surface area contributed by atoms with E-state index in [4.69, 9.17) is 0 Å². The molecule has 3 atom stereocenters. The number of nitrogens with zero attached hydrogens (tertiary/aromatic N) is 1. The number of aliphatic hydroxyl groups is 1. The summed E-state index contributed by atoms with van der Waals surface area (Å²) in [6.45, 7) is 1.47. The molecule has 1 amide bonds. The Morgan fingerprint density at radius 3 is 2.68 bits per heavy atom. The van der Waals surface area contributed by atoms with Gasteiger partial charge in [0.15, 0.2) is 0 Å². The molecular formula is C23H28N2O3. The van der Waals surface area contributed by atoms with E-state index in [0.29, 0.717) is 24.9 Å². The van der Waals surface area contributed by atoms with Gasteiger partial charge in [0.05, 0.1) is 5.60 Å². The number of amides is 1. The number of phenols is 1. The Hall–Kier alpha value is -2.37. The molecule has 1 saturated heterocycles. The van der Waals surface area contributed by atoms with Crippen molar-refractivity contribution < 1.29 is 15.0 Å². The number of β-amino-alcohol motifs (C(OH)–C–C–N with tert-alkyl or cyclic N) is 1. The molecule has 28 heavy (non-hydrogen) atoms. The van der Waals surface area contributed by atoms with Crippen molar-refractivity contribution >= 4 is 5.91 Å². The van der Waals surface area contributed by atoms with Crippen LogP contribution in [-0.2, 0) is 5.41 Å². The quantitative estimate of drug-likeness (QED) is 0.766. The van der Waals surface area contributed by atoms with Gasteiger partial charge in [0.25, 0.3) is 5.91 Å². The lowest BCUT2D eigenvalue weighted by Crippen LogP contribution is -2.66. The molecule has 0 aromatic heterocycles. The third kappa shape index (κ3) is 3.29. The molecule has 2 fully saturated rings. The van der Waals surface area contributed by atoms with Gasteiger partial charge in [-0.2, -0.15) is 0 Å². The monoisotopic (exact) mass is 380 g/mol. The highest BCUT2D eigenvalue weighted by Gasteiger charge is 2.57. The lowest BCUT2D eigenvalue weighted by molar-refractivity contribution is -0.121. The maximum absolute atomic E-state index is 12.7. The van der Waals surface area contributed by atoms with Gasteiger partial charge >= 0.3 is 0 Å². The van der Waals surface area contributed by atoms with Crippen LogP contribution < -0.4 is 5.32 Å². The zero-order valence-electron chi connectivity index (χ0n) is 16.3. The van der Waals surface area contributed by atoms with Crippen LogP contribution in [0.15, 0.2) is 54.6 Å². The maximum atomic E-state index is 12.7. The Balaban J connectivity index is 1.64. The fraction of sp³-hybridized carbons (Fsp3) is 0.435. The van der Waals surface area contributed by atoms with Crippen LogP contribution in [0.2, 0.25) is 0 Å². The first-order valence-corrected chi connectivity index (χ1v) is 9.98. The number of piperidine rings is 1. The van der Waals surface area contributed by atoms with E-state index in [0.717, 1.165) is 24.9 Å². The maximum Gasteiger partial charge on any atom is 0.251 e. The number of fused-ring (bicyclic) bond motifs is 1. The molecule has 0 spiro atoms.